The van der Waals surface area contributed by atoms with Gasteiger partial charge >= 0.3 is 0 Å². The highest BCUT2D eigenvalue weighted by molar-refractivity contribution is 7.99. The van der Waals surface area contributed by atoms with E-state index in [1.165, 1.54) is 23.9 Å². The summed E-state index contributed by atoms with van der Waals surface area (Å²) in [4.78, 5) is 14.8. The maximum absolute atomic E-state index is 13.4. The number of nitrogens with one attached hydrogen (secondary N) is 1. The molecule has 0 atom stereocenters. The Morgan fingerprint density at radius 3 is 2.62 bits per heavy atom. The highest BCUT2D eigenvalue weighted by atomic mass is 32.2. The summed E-state index contributed by atoms with van der Waals surface area (Å²) in [7, 11) is 1.78. The number of benzene rings is 1. The number of hydrogen-bond acceptors (Lipinski definition) is 7. The summed E-state index contributed by atoms with van der Waals surface area (Å²) < 4.78 is 22.5. The summed E-state index contributed by atoms with van der Waals surface area (Å²) in [5.74, 6) is 1.04. The highest BCUT2D eigenvalue weighted by Gasteiger charge is 2.18. The van der Waals surface area contributed by atoms with Crippen molar-refractivity contribution in [3.8, 4) is 11.4 Å². The molecule has 1 fully saturated rings. The van der Waals surface area contributed by atoms with Gasteiger partial charge in [0.05, 0.1) is 24.7 Å². The van der Waals surface area contributed by atoms with E-state index in [0.29, 0.717) is 23.3 Å². The van der Waals surface area contributed by atoms with Crippen LogP contribution in [0.25, 0.3) is 11.4 Å². The van der Waals surface area contributed by atoms with Crippen molar-refractivity contribution in [3.05, 3.63) is 41.8 Å². The molecule has 3 aromatic rings. The molecule has 3 heterocycles. The Morgan fingerprint density at radius 1 is 1.19 bits per heavy atom. The maximum Gasteiger partial charge on any atom is 0.235 e. The number of halogens is 1. The predicted molar refractivity (Wildman–Crippen MR) is 120 cm³/mol. The van der Waals surface area contributed by atoms with Crippen LogP contribution in [-0.4, -0.2) is 74.0 Å². The molecule has 1 N–H and O–H groups in total. The molecule has 1 saturated heterocycles. The summed E-state index contributed by atoms with van der Waals surface area (Å²) in [6.45, 7) is 6.54. The fourth-order valence-corrected chi connectivity index (χ4v) is 4.28. The molecule has 0 bridgehead atoms. The van der Waals surface area contributed by atoms with Gasteiger partial charge in [0.1, 0.15) is 11.6 Å². The van der Waals surface area contributed by atoms with Crippen LogP contribution in [0.3, 0.4) is 0 Å². The smallest absolute Gasteiger partial charge is 0.235 e. The van der Waals surface area contributed by atoms with E-state index in [2.05, 4.69) is 25.5 Å². The Kier molecular flexibility index (Phi) is 7.18. The maximum atomic E-state index is 13.4. The van der Waals surface area contributed by atoms with Crippen LogP contribution in [0.4, 0.5) is 10.2 Å². The van der Waals surface area contributed by atoms with Gasteiger partial charge in [-0.05, 0) is 31.2 Å². The van der Waals surface area contributed by atoms with Crippen LogP contribution in [-0.2, 0) is 23.1 Å². The molecule has 1 aliphatic rings. The number of carbonyl (C=O) groups is 1. The van der Waals surface area contributed by atoms with Gasteiger partial charge in [-0.25, -0.2) is 4.39 Å². The van der Waals surface area contributed by atoms with Gasteiger partial charge in [-0.1, -0.05) is 11.8 Å². The number of anilines is 1. The average Bonchev–Trinajstić information content (AvgIpc) is 3.33. The Bertz CT molecular complexity index is 1060. The molecule has 0 unspecified atom stereocenters. The van der Waals surface area contributed by atoms with Crippen molar-refractivity contribution in [2.24, 2.45) is 7.05 Å². The van der Waals surface area contributed by atoms with Gasteiger partial charge in [0.2, 0.25) is 5.91 Å². The lowest BCUT2D eigenvalue weighted by Crippen LogP contribution is -2.38. The standard InChI is InChI=1S/C21H26FN7O2S/c1-15-13-18(27(2)26-15)23-19(30)14-32-21-25-24-20(16-3-5-17(22)6-4-16)29(21)8-7-28-9-11-31-12-10-28/h3-6,13H,7-12,14H2,1-2H3,(H,23,30). The minimum Gasteiger partial charge on any atom is -0.379 e. The van der Waals surface area contributed by atoms with Crippen molar-refractivity contribution in [3.63, 3.8) is 0 Å². The van der Waals surface area contributed by atoms with Crippen LogP contribution in [0.1, 0.15) is 5.69 Å². The number of hydrogen-bond donors (Lipinski definition) is 1. The molecule has 11 heteroatoms. The van der Waals surface area contributed by atoms with E-state index in [-0.39, 0.29) is 17.5 Å². The Hall–Kier alpha value is -2.76. The van der Waals surface area contributed by atoms with Crippen LogP contribution in [0.2, 0.25) is 0 Å². The number of rotatable bonds is 8. The van der Waals surface area contributed by atoms with Gasteiger partial charge < -0.3 is 14.6 Å². The number of amides is 1. The molecule has 1 aliphatic heterocycles. The van der Waals surface area contributed by atoms with Crippen molar-refractivity contribution in [1.82, 2.24) is 29.4 Å². The van der Waals surface area contributed by atoms with Crippen molar-refractivity contribution in [2.75, 3.05) is 43.9 Å². The van der Waals surface area contributed by atoms with Gasteiger partial charge in [0, 0.05) is 44.9 Å². The minimum absolute atomic E-state index is 0.149. The summed E-state index contributed by atoms with van der Waals surface area (Å²) in [6.07, 6.45) is 0. The van der Waals surface area contributed by atoms with Crippen LogP contribution in [0.5, 0.6) is 0 Å². The van der Waals surface area contributed by atoms with Crippen molar-refractivity contribution in [1.29, 1.82) is 0 Å². The number of ether oxygens (including phenoxy) is 1. The second kappa shape index (κ2) is 10.2. The monoisotopic (exact) mass is 459 g/mol. The SMILES string of the molecule is Cc1cc(NC(=O)CSc2nnc(-c3ccc(F)cc3)n2CCN2CCOCC2)n(C)n1. The number of morpholine rings is 1. The third-order valence-corrected chi connectivity index (χ3v) is 6.13. The van der Waals surface area contributed by atoms with Crippen molar-refractivity contribution >= 4 is 23.5 Å². The molecule has 0 radical (unpaired) electrons. The molecule has 4 rings (SSSR count). The molecule has 0 spiro atoms. The summed E-state index contributed by atoms with van der Waals surface area (Å²) in [6, 6.07) is 8.02. The number of thioether (sulfide) groups is 1. The lowest BCUT2D eigenvalue weighted by Gasteiger charge is -2.27. The number of nitrogens with zero attached hydrogens (tertiary/aromatic N) is 6. The number of carbonyl (C=O) groups excluding carboxylic acids is 1. The highest BCUT2D eigenvalue weighted by Crippen LogP contribution is 2.24. The Balaban J connectivity index is 1.47. The van der Waals surface area contributed by atoms with E-state index in [9.17, 15) is 9.18 Å². The first kappa shape index (κ1) is 22.4. The van der Waals surface area contributed by atoms with Gasteiger partial charge in [0.15, 0.2) is 11.0 Å². The lowest BCUT2D eigenvalue weighted by atomic mass is 10.2. The second-order valence-electron chi connectivity index (χ2n) is 7.55. The Morgan fingerprint density at radius 2 is 1.94 bits per heavy atom. The summed E-state index contributed by atoms with van der Waals surface area (Å²) in [5, 5.41) is 16.4. The minimum atomic E-state index is -0.301. The first-order valence-electron chi connectivity index (χ1n) is 10.4. The van der Waals surface area contributed by atoms with Gasteiger partial charge in [0.25, 0.3) is 0 Å². The fraction of sp³-hybridized carbons (Fsp3) is 0.429. The van der Waals surface area contributed by atoms with Crippen molar-refractivity contribution < 1.29 is 13.9 Å². The topological polar surface area (TPSA) is 90.1 Å². The van der Waals surface area contributed by atoms with Gasteiger partial charge in [-0.2, -0.15) is 5.10 Å². The third kappa shape index (κ3) is 5.53. The van der Waals surface area contributed by atoms with Crippen molar-refractivity contribution in [2.45, 2.75) is 18.6 Å². The lowest BCUT2D eigenvalue weighted by molar-refractivity contribution is -0.113. The first-order chi connectivity index (χ1) is 15.5. The van der Waals surface area contributed by atoms with Gasteiger partial charge in [-0.3, -0.25) is 14.4 Å². The second-order valence-corrected chi connectivity index (χ2v) is 8.49. The predicted octanol–water partition coefficient (Wildman–Crippen LogP) is 2.19. The van der Waals surface area contributed by atoms with E-state index in [0.717, 1.165) is 44.1 Å². The zero-order chi connectivity index (χ0) is 22.5. The van der Waals surface area contributed by atoms with E-state index >= 15 is 0 Å². The molecule has 0 aliphatic carbocycles. The van der Waals surface area contributed by atoms with E-state index in [1.54, 1.807) is 23.9 Å². The zero-order valence-corrected chi connectivity index (χ0v) is 18.9. The summed E-state index contributed by atoms with van der Waals surface area (Å²) >= 11 is 1.32. The number of aromatic nitrogens is 5. The molecule has 32 heavy (non-hydrogen) atoms. The van der Waals surface area contributed by atoms with E-state index in [4.69, 9.17) is 4.74 Å². The van der Waals surface area contributed by atoms with Crippen LogP contribution < -0.4 is 5.32 Å². The van der Waals surface area contributed by atoms with E-state index < -0.39 is 0 Å². The third-order valence-electron chi connectivity index (χ3n) is 5.16. The van der Waals surface area contributed by atoms with E-state index in [1.807, 2.05) is 17.6 Å². The summed E-state index contributed by atoms with van der Waals surface area (Å²) in [5.41, 5.74) is 1.62. The molecule has 170 valence electrons. The Labute approximate surface area is 189 Å². The molecular weight excluding hydrogens is 433 g/mol. The largest absolute Gasteiger partial charge is 0.379 e. The zero-order valence-electron chi connectivity index (χ0n) is 18.1. The molecule has 1 aromatic carbocycles. The van der Waals surface area contributed by atoms with Crippen LogP contribution in [0.15, 0.2) is 35.5 Å². The number of aryl methyl sites for hydroxylation is 2. The molecule has 1 amide bonds. The fourth-order valence-electron chi connectivity index (χ4n) is 3.51. The normalized spacial score (nSPS) is 14.6. The molecular formula is C21H26FN7O2S. The molecule has 2 aromatic heterocycles. The average molecular weight is 460 g/mol. The van der Waals surface area contributed by atoms with Crippen LogP contribution >= 0.6 is 11.8 Å². The first-order valence-corrected chi connectivity index (χ1v) is 11.4. The molecule has 0 saturated carbocycles. The quantitative estimate of drug-likeness (QED) is 0.517. The molecule has 9 nitrogen and oxygen atoms in total. The van der Waals surface area contributed by atoms with Gasteiger partial charge in [-0.15, -0.1) is 10.2 Å². The van der Waals surface area contributed by atoms with Crippen LogP contribution in [0, 0.1) is 12.7 Å².